The summed E-state index contributed by atoms with van der Waals surface area (Å²) in [6, 6.07) is 17.5. The Balaban J connectivity index is 1.46. The summed E-state index contributed by atoms with van der Waals surface area (Å²) in [7, 11) is 1.65. The van der Waals surface area contributed by atoms with Gasteiger partial charge in [-0.3, -0.25) is 14.9 Å². The van der Waals surface area contributed by atoms with Crippen LogP contribution in [0.15, 0.2) is 79.1 Å². The number of ether oxygens (including phenoxy) is 1. The van der Waals surface area contributed by atoms with Crippen molar-refractivity contribution < 1.29 is 19.0 Å². The number of carbonyl (C=O) groups excluding carboxylic acids is 1. The minimum absolute atomic E-state index is 0.0597. The van der Waals surface area contributed by atoms with Crippen molar-refractivity contribution in [3.05, 3.63) is 102 Å². The molecule has 0 spiro atoms. The molecule has 0 bridgehead atoms. The summed E-state index contributed by atoms with van der Waals surface area (Å²) in [5, 5.41) is 19.0. The van der Waals surface area contributed by atoms with Gasteiger partial charge in [-0.2, -0.15) is 9.49 Å². The molecule has 0 saturated heterocycles. The first kappa shape index (κ1) is 28.7. The van der Waals surface area contributed by atoms with Gasteiger partial charge in [-0.05, 0) is 70.7 Å². The molecule has 208 valence electrons. The molecule has 0 unspecified atom stereocenters. The van der Waals surface area contributed by atoms with Crippen LogP contribution < -0.4 is 10.1 Å². The number of nitrogens with zero attached hydrogens (tertiary/aromatic N) is 3. The van der Waals surface area contributed by atoms with E-state index in [1.165, 1.54) is 11.0 Å². The van der Waals surface area contributed by atoms with Crippen LogP contribution in [0.25, 0.3) is 22.0 Å². The number of halogens is 1. The molecule has 9 heteroatoms. The van der Waals surface area contributed by atoms with Gasteiger partial charge in [0.25, 0.3) is 0 Å². The highest BCUT2D eigenvalue weighted by molar-refractivity contribution is 6.00. The fourth-order valence-electron chi connectivity index (χ4n) is 4.42. The zero-order valence-electron chi connectivity index (χ0n) is 22.7. The molecule has 40 heavy (non-hydrogen) atoms. The maximum atomic E-state index is 14.4. The first-order chi connectivity index (χ1) is 19.5. The summed E-state index contributed by atoms with van der Waals surface area (Å²) in [5.74, 6) is 0.136. The third kappa shape index (κ3) is 7.19. The lowest BCUT2D eigenvalue weighted by Crippen LogP contribution is -2.28. The highest BCUT2D eigenvalue weighted by Gasteiger charge is 2.15. The van der Waals surface area contributed by atoms with Crippen LogP contribution in [0.5, 0.6) is 5.75 Å². The van der Waals surface area contributed by atoms with Crippen LogP contribution in [0.1, 0.15) is 30.0 Å². The van der Waals surface area contributed by atoms with Crippen molar-refractivity contribution in [2.45, 2.75) is 13.3 Å². The quantitative estimate of drug-likeness (QED) is 0.170. The third-order valence-corrected chi connectivity index (χ3v) is 6.51. The number of carbonyl (C=O) groups is 1. The van der Waals surface area contributed by atoms with Crippen LogP contribution in [0.4, 0.5) is 4.39 Å². The normalized spacial score (nSPS) is 12.1. The number of fused-ring (bicyclic) bond motifs is 1. The number of hydrogen-bond donors (Lipinski definition) is 3. The fourth-order valence-corrected chi connectivity index (χ4v) is 4.42. The number of rotatable bonds is 13. The maximum absolute atomic E-state index is 14.4. The molecule has 4 aromatic rings. The van der Waals surface area contributed by atoms with Crippen molar-refractivity contribution in [2.75, 3.05) is 39.9 Å². The Labute approximate surface area is 233 Å². The average Bonchev–Trinajstić information content (AvgIpc) is 3.36. The van der Waals surface area contributed by atoms with Gasteiger partial charge in [-0.1, -0.05) is 31.2 Å². The van der Waals surface area contributed by atoms with Crippen LogP contribution in [0.3, 0.4) is 0 Å². The number of aromatic nitrogens is 3. The number of amides is 1. The number of aliphatic hydroxyl groups excluding tert-OH is 1. The molecule has 0 aliphatic rings. The molecule has 0 aliphatic carbocycles. The second-order valence-corrected chi connectivity index (χ2v) is 9.18. The van der Waals surface area contributed by atoms with Crippen LogP contribution in [-0.2, 0) is 4.79 Å². The minimum Gasteiger partial charge on any atom is -0.492 e. The van der Waals surface area contributed by atoms with E-state index in [1.807, 2.05) is 54.6 Å². The molecule has 0 radical (unpaired) electrons. The molecule has 2 aromatic carbocycles. The lowest BCUT2D eigenvalue weighted by Gasteiger charge is -2.17. The Bertz CT molecular complexity index is 1470. The number of likely N-dealkylation sites (N-methyl/N-ethyl adjacent to an activating group) is 1. The van der Waals surface area contributed by atoms with Gasteiger partial charge >= 0.3 is 0 Å². The van der Waals surface area contributed by atoms with Crippen LogP contribution in [0, 0.1) is 5.95 Å². The Morgan fingerprint density at radius 2 is 1.85 bits per heavy atom. The predicted octanol–water partition coefficient (Wildman–Crippen LogP) is 4.44. The SMILES string of the molecule is CCC(=C(c1ccc(OCCNCC=CC(=O)N(C)CCO)cc1)c1ccc2n[nH]c(F)c2c1)c1ccncc1. The summed E-state index contributed by atoms with van der Waals surface area (Å²) in [5.41, 5.74) is 5.66. The lowest BCUT2D eigenvalue weighted by molar-refractivity contribution is -0.125. The molecule has 2 heterocycles. The van der Waals surface area contributed by atoms with E-state index in [2.05, 4.69) is 27.4 Å². The van der Waals surface area contributed by atoms with Crippen LogP contribution >= 0.6 is 0 Å². The summed E-state index contributed by atoms with van der Waals surface area (Å²) in [4.78, 5) is 17.4. The first-order valence-corrected chi connectivity index (χ1v) is 13.3. The first-order valence-electron chi connectivity index (χ1n) is 13.3. The molecule has 3 N–H and O–H groups in total. The van der Waals surface area contributed by atoms with E-state index in [-0.39, 0.29) is 12.5 Å². The molecular weight excluding hydrogens is 509 g/mol. The number of aromatic amines is 1. The smallest absolute Gasteiger partial charge is 0.246 e. The molecular formula is C31H34FN5O3. The zero-order valence-corrected chi connectivity index (χ0v) is 22.7. The van der Waals surface area contributed by atoms with Gasteiger partial charge in [0.15, 0.2) is 0 Å². The summed E-state index contributed by atoms with van der Waals surface area (Å²) >= 11 is 0. The zero-order chi connectivity index (χ0) is 28.3. The average molecular weight is 544 g/mol. The van der Waals surface area contributed by atoms with Crippen molar-refractivity contribution in [3.8, 4) is 5.75 Å². The molecule has 0 saturated carbocycles. The van der Waals surface area contributed by atoms with Crippen molar-refractivity contribution in [2.24, 2.45) is 0 Å². The number of nitrogens with one attached hydrogen (secondary N) is 2. The molecule has 2 aromatic heterocycles. The number of aliphatic hydroxyl groups is 1. The highest BCUT2D eigenvalue weighted by Crippen LogP contribution is 2.36. The van der Waals surface area contributed by atoms with Gasteiger partial charge in [-0.15, -0.1) is 0 Å². The standard InChI is InChI=1S/C31H34FN5O3/c1-3-26(22-12-15-34-16-13-22)30(24-8-11-28-27(21-24)31(32)36-35-28)23-6-9-25(10-7-23)40-20-17-33-14-4-5-29(39)37(2)18-19-38/h4-13,15-16,21,33,38H,3,14,17-20H2,1-2H3,(H,35,36). The fraction of sp³-hybridized carbons (Fsp3) is 0.258. The number of allylic oxidation sites excluding steroid dienone is 1. The molecule has 1 amide bonds. The van der Waals surface area contributed by atoms with Crippen molar-refractivity contribution in [1.82, 2.24) is 25.4 Å². The van der Waals surface area contributed by atoms with E-state index in [0.29, 0.717) is 37.1 Å². The lowest BCUT2D eigenvalue weighted by atomic mass is 9.88. The Kier molecular flexibility index (Phi) is 10.1. The van der Waals surface area contributed by atoms with E-state index < -0.39 is 5.95 Å². The van der Waals surface area contributed by atoms with Gasteiger partial charge < -0.3 is 20.1 Å². The number of hydrogen-bond acceptors (Lipinski definition) is 6. The Morgan fingerprint density at radius 3 is 2.58 bits per heavy atom. The largest absolute Gasteiger partial charge is 0.492 e. The second kappa shape index (κ2) is 14.2. The van der Waals surface area contributed by atoms with Crippen LogP contribution in [0.2, 0.25) is 0 Å². The summed E-state index contributed by atoms with van der Waals surface area (Å²) in [6.45, 7) is 3.96. The number of H-pyrrole nitrogens is 1. The van der Waals surface area contributed by atoms with Crippen molar-refractivity contribution >= 4 is 28.0 Å². The molecule has 0 fully saturated rings. The second-order valence-electron chi connectivity index (χ2n) is 9.18. The van der Waals surface area contributed by atoms with E-state index >= 15 is 0 Å². The highest BCUT2D eigenvalue weighted by atomic mass is 19.1. The van der Waals surface area contributed by atoms with Gasteiger partial charge in [0.05, 0.1) is 17.5 Å². The summed E-state index contributed by atoms with van der Waals surface area (Å²) in [6.07, 6.45) is 7.56. The maximum Gasteiger partial charge on any atom is 0.246 e. The van der Waals surface area contributed by atoms with E-state index in [4.69, 9.17) is 9.84 Å². The van der Waals surface area contributed by atoms with Gasteiger partial charge in [-0.25, -0.2) is 0 Å². The predicted molar refractivity (Wildman–Crippen MR) is 155 cm³/mol. The third-order valence-electron chi connectivity index (χ3n) is 6.51. The monoisotopic (exact) mass is 543 g/mol. The molecule has 0 aliphatic heterocycles. The van der Waals surface area contributed by atoms with Crippen molar-refractivity contribution in [1.29, 1.82) is 0 Å². The minimum atomic E-state index is -0.452. The van der Waals surface area contributed by atoms with E-state index in [9.17, 15) is 9.18 Å². The topological polar surface area (TPSA) is 103 Å². The molecule has 8 nitrogen and oxygen atoms in total. The van der Waals surface area contributed by atoms with Gasteiger partial charge in [0.2, 0.25) is 11.9 Å². The van der Waals surface area contributed by atoms with Crippen LogP contribution in [-0.4, -0.2) is 71.0 Å². The van der Waals surface area contributed by atoms with Gasteiger partial charge in [0, 0.05) is 45.2 Å². The molecule has 0 atom stereocenters. The van der Waals surface area contributed by atoms with Crippen molar-refractivity contribution in [3.63, 3.8) is 0 Å². The molecule has 4 rings (SSSR count). The van der Waals surface area contributed by atoms with E-state index in [1.54, 1.807) is 25.5 Å². The number of benzene rings is 2. The Hall–Kier alpha value is -4.34. The Morgan fingerprint density at radius 1 is 1.10 bits per heavy atom. The summed E-state index contributed by atoms with van der Waals surface area (Å²) < 4.78 is 20.3. The number of pyridine rings is 1. The van der Waals surface area contributed by atoms with E-state index in [0.717, 1.165) is 40.0 Å². The van der Waals surface area contributed by atoms with Gasteiger partial charge in [0.1, 0.15) is 12.4 Å².